The van der Waals surface area contributed by atoms with E-state index in [1.54, 1.807) is 62.4 Å². The molecule has 0 aliphatic rings. The van der Waals surface area contributed by atoms with Gasteiger partial charge in [0.25, 0.3) is 10.0 Å². The Morgan fingerprint density at radius 3 is 2.27 bits per heavy atom. The van der Waals surface area contributed by atoms with Gasteiger partial charge in [0.05, 0.1) is 10.6 Å². The van der Waals surface area contributed by atoms with E-state index in [1.807, 2.05) is 6.92 Å². The first-order valence-electron chi connectivity index (χ1n) is 13.2. The number of carbonyl (C=O) groups excluding carboxylic acids is 2. The largest absolute Gasteiger partial charge is 0.354 e. The third kappa shape index (κ3) is 7.82. The van der Waals surface area contributed by atoms with Crippen molar-refractivity contribution in [2.75, 3.05) is 17.4 Å². The first kappa shape index (κ1) is 31.1. The Morgan fingerprint density at radius 2 is 1.68 bits per heavy atom. The van der Waals surface area contributed by atoms with Crippen LogP contribution in [0, 0.1) is 12.7 Å². The molecule has 0 saturated carbocycles. The molecule has 0 aliphatic carbocycles. The third-order valence-corrected chi connectivity index (χ3v) is 8.53. The van der Waals surface area contributed by atoms with Gasteiger partial charge in [-0.3, -0.25) is 13.9 Å². The molecule has 10 heteroatoms. The molecule has 3 aromatic carbocycles. The summed E-state index contributed by atoms with van der Waals surface area (Å²) in [6, 6.07) is 17.4. The van der Waals surface area contributed by atoms with E-state index in [-0.39, 0.29) is 17.3 Å². The molecule has 0 saturated heterocycles. The minimum atomic E-state index is -4.17. The lowest BCUT2D eigenvalue weighted by atomic mass is 10.1. The van der Waals surface area contributed by atoms with Crippen molar-refractivity contribution in [3.8, 4) is 0 Å². The van der Waals surface area contributed by atoms with Crippen LogP contribution in [0.25, 0.3) is 0 Å². The molecule has 1 N–H and O–H groups in total. The maximum atomic E-state index is 14.0. The highest BCUT2D eigenvalue weighted by Crippen LogP contribution is 2.29. The topological polar surface area (TPSA) is 86.8 Å². The van der Waals surface area contributed by atoms with Crippen LogP contribution in [0.4, 0.5) is 10.1 Å². The fourth-order valence-corrected chi connectivity index (χ4v) is 6.07. The van der Waals surface area contributed by atoms with Crippen LogP contribution in [0.1, 0.15) is 44.2 Å². The summed E-state index contributed by atoms with van der Waals surface area (Å²) in [5.74, 6) is -1.33. The highest BCUT2D eigenvalue weighted by atomic mass is 35.5. The van der Waals surface area contributed by atoms with Crippen LogP contribution in [0.3, 0.4) is 0 Å². The molecule has 0 spiro atoms. The maximum Gasteiger partial charge on any atom is 0.264 e. The number of anilines is 1. The number of unbranched alkanes of at least 4 members (excludes halogenated alkanes) is 1. The van der Waals surface area contributed by atoms with E-state index in [0.717, 1.165) is 17.1 Å². The molecule has 0 unspecified atom stereocenters. The number of hydrogen-bond donors (Lipinski definition) is 1. The quantitative estimate of drug-likeness (QED) is 0.260. The van der Waals surface area contributed by atoms with Gasteiger partial charge in [0, 0.05) is 18.1 Å². The van der Waals surface area contributed by atoms with Crippen LogP contribution in [-0.4, -0.2) is 44.3 Å². The molecule has 2 amide bonds. The first-order chi connectivity index (χ1) is 19.1. The van der Waals surface area contributed by atoms with Crippen molar-refractivity contribution in [3.05, 3.63) is 94.8 Å². The number of amides is 2. The van der Waals surface area contributed by atoms with E-state index < -0.39 is 34.3 Å². The fraction of sp³-hybridized carbons (Fsp3) is 0.333. The Bertz CT molecular complexity index is 1400. The molecule has 3 rings (SSSR count). The second-order valence-electron chi connectivity index (χ2n) is 9.47. The van der Waals surface area contributed by atoms with E-state index in [4.69, 9.17) is 11.6 Å². The second-order valence-corrected chi connectivity index (χ2v) is 11.8. The fourth-order valence-electron chi connectivity index (χ4n) is 4.34. The standard InChI is InChI=1S/C30H35ClFN3O4S/c1-4-6-18-33-30(37)27(5-2)34(20-23-12-15-25(32)16-13-23)29(36)21-35(28-17-14-24(31)19-22(28)3)40(38,39)26-10-8-7-9-11-26/h7-17,19,27H,4-6,18,20-21H2,1-3H3,(H,33,37)/t27-/m1/s1. The van der Waals surface area contributed by atoms with Crippen molar-refractivity contribution in [1.29, 1.82) is 0 Å². The third-order valence-electron chi connectivity index (χ3n) is 6.52. The second kappa shape index (κ2) is 14.3. The monoisotopic (exact) mass is 587 g/mol. The number of nitrogens with zero attached hydrogens (tertiary/aromatic N) is 2. The summed E-state index contributed by atoms with van der Waals surface area (Å²) >= 11 is 6.14. The van der Waals surface area contributed by atoms with E-state index >= 15 is 0 Å². The Morgan fingerprint density at radius 1 is 1.00 bits per heavy atom. The van der Waals surface area contributed by atoms with Crippen molar-refractivity contribution < 1.29 is 22.4 Å². The molecule has 1 atom stereocenters. The summed E-state index contributed by atoms with van der Waals surface area (Å²) < 4.78 is 42.4. The molecule has 0 heterocycles. The minimum Gasteiger partial charge on any atom is -0.354 e. The molecule has 214 valence electrons. The van der Waals surface area contributed by atoms with Crippen LogP contribution in [0.15, 0.2) is 77.7 Å². The number of sulfonamides is 1. The van der Waals surface area contributed by atoms with Gasteiger partial charge in [-0.1, -0.05) is 62.2 Å². The molecule has 3 aromatic rings. The van der Waals surface area contributed by atoms with Crippen LogP contribution < -0.4 is 9.62 Å². The van der Waals surface area contributed by atoms with Gasteiger partial charge in [0.15, 0.2) is 0 Å². The van der Waals surface area contributed by atoms with Crippen molar-refractivity contribution >= 4 is 39.1 Å². The average molecular weight is 588 g/mol. The minimum absolute atomic E-state index is 0.00234. The van der Waals surface area contributed by atoms with Crippen molar-refractivity contribution in [2.45, 2.75) is 57.5 Å². The maximum absolute atomic E-state index is 14.0. The van der Waals surface area contributed by atoms with E-state index in [9.17, 15) is 22.4 Å². The summed E-state index contributed by atoms with van der Waals surface area (Å²) in [4.78, 5) is 28.6. The SMILES string of the molecule is CCCCNC(=O)[C@@H](CC)N(Cc1ccc(F)cc1)C(=O)CN(c1ccc(Cl)cc1C)S(=O)(=O)c1ccccc1. The lowest BCUT2D eigenvalue weighted by molar-refractivity contribution is -0.140. The summed E-state index contributed by atoms with van der Waals surface area (Å²) in [6.45, 7) is 5.41. The zero-order chi connectivity index (χ0) is 29.3. The lowest BCUT2D eigenvalue weighted by Crippen LogP contribution is -2.52. The molecule has 7 nitrogen and oxygen atoms in total. The van der Waals surface area contributed by atoms with Crippen LogP contribution in [0.2, 0.25) is 5.02 Å². The summed E-state index contributed by atoms with van der Waals surface area (Å²) in [6.07, 6.45) is 1.98. The van der Waals surface area contributed by atoms with E-state index in [2.05, 4.69) is 5.32 Å². The number of aryl methyl sites for hydroxylation is 1. The molecule has 0 bridgehead atoms. The first-order valence-corrected chi connectivity index (χ1v) is 15.1. The van der Waals surface area contributed by atoms with Gasteiger partial charge in [-0.2, -0.15) is 0 Å². The van der Waals surface area contributed by atoms with Gasteiger partial charge in [0.1, 0.15) is 18.4 Å². The highest BCUT2D eigenvalue weighted by Gasteiger charge is 2.34. The van der Waals surface area contributed by atoms with Crippen LogP contribution >= 0.6 is 11.6 Å². The van der Waals surface area contributed by atoms with Crippen molar-refractivity contribution in [2.24, 2.45) is 0 Å². The summed E-state index contributed by atoms with van der Waals surface area (Å²) in [7, 11) is -4.17. The predicted octanol–water partition coefficient (Wildman–Crippen LogP) is 5.71. The van der Waals surface area contributed by atoms with Crippen molar-refractivity contribution in [1.82, 2.24) is 10.2 Å². The number of carbonyl (C=O) groups is 2. The average Bonchev–Trinajstić information content (AvgIpc) is 2.93. The zero-order valence-corrected chi connectivity index (χ0v) is 24.5. The lowest BCUT2D eigenvalue weighted by Gasteiger charge is -2.33. The Kier molecular flexibility index (Phi) is 11.1. The van der Waals surface area contributed by atoms with Crippen LogP contribution in [-0.2, 0) is 26.2 Å². The highest BCUT2D eigenvalue weighted by molar-refractivity contribution is 7.92. The predicted molar refractivity (Wildman–Crippen MR) is 156 cm³/mol. The Balaban J connectivity index is 2.05. The van der Waals surface area contributed by atoms with Gasteiger partial charge in [-0.25, -0.2) is 12.8 Å². The Hall–Kier alpha value is -3.43. The smallest absolute Gasteiger partial charge is 0.264 e. The summed E-state index contributed by atoms with van der Waals surface area (Å²) in [5, 5.41) is 3.31. The van der Waals surface area contributed by atoms with E-state index in [0.29, 0.717) is 34.8 Å². The summed E-state index contributed by atoms with van der Waals surface area (Å²) in [5.41, 5.74) is 1.47. The number of nitrogens with one attached hydrogen (secondary N) is 1. The molecule has 0 aliphatic heterocycles. The van der Waals surface area contributed by atoms with Gasteiger partial charge in [0.2, 0.25) is 11.8 Å². The molecular formula is C30H35ClFN3O4S. The number of halogens is 2. The van der Waals surface area contributed by atoms with Gasteiger partial charge in [-0.15, -0.1) is 0 Å². The zero-order valence-electron chi connectivity index (χ0n) is 22.9. The molecule has 40 heavy (non-hydrogen) atoms. The molecule has 0 fully saturated rings. The number of rotatable bonds is 13. The molecule has 0 aromatic heterocycles. The van der Waals surface area contributed by atoms with Gasteiger partial charge < -0.3 is 10.2 Å². The molecular weight excluding hydrogens is 553 g/mol. The van der Waals surface area contributed by atoms with Gasteiger partial charge >= 0.3 is 0 Å². The van der Waals surface area contributed by atoms with Crippen molar-refractivity contribution in [3.63, 3.8) is 0 Å². The molecule has 0 radical (unpaired) electrons. The van der Waals surface area contributed by atoms with E-state index in [1.165, 1.54) is 29.2 Å². The Labute approximate surface area is 241 Å². The normalized spacial score (nSPS) is 12.0. The number of hydrogen-bond acceptors (Lipinski definition) is 4. The van der Waals surface area contributed by atoms with Crippen LogP contribution in [0.5, 0.6) is 0 Å². The van der Waals surface area contributed by atoms with Gasteiger partial charge in [-0.05, 0) is 73.4 Å². The number of benzene rings is 3.